The molecule has 1 aliphatic rings. The van der Waals surface area contributed by atoms with Crippen LogP contribution in [0.5, 0.6) is 0 Å². The van der Waals surface area contributed by atoms with Gasteiger partial charge in [-0.15, -0.1) is 0 Å². The average molecular weight is 533 g/mol. The number of hydrogen-bond acceptors (Lipinski definition) is 5. The van der Waals surface area contributed by atoms with E-state index in [1.807, 2.05) is 6.07 Å². The van der Waals surface area contributed by atoms with Crippen LogP contribution in [0.1, 0.15) is 32.7 Å². The molecule has 2 heterocycles. The molecule has 0 fully saturated rings. The van der Waals surface area contributed by atoms with E-state index in [0.717, 1.165) is 23.6 Å². The van der Waals surface area contributed by atoms with Crippen molar-refractivity contribution in [2.45, 2.75) is 24.4 Å². The molecule has 0 N–H and O–H groups in total. The lowest BCUT2D eigenvalue weighted by atomic mass is 9.99. The molecule has 38 heavy (non-hydrogen) atoms. The van der Waals surface area contributed by atoms with Gasteiger partial charge in [-0.2, -0.15) is 10.4 Å². The summed E-state index contributed by atoms with van der Waals surface area (Å²) in [5, 5.41) is 14.1. The number of carbonyl (C=O) groups is 1. The number of sulfone groups is 1. The number of aromatic nitrogens is 2. The molecule has 0 saturated heterocycles. The number of halogens is 2. The van der Waals surface area contributed by atoms with Crippen LogP contribution in [-0.2, 0) is 29.3 Å². The molecule has 4 aromatic rings. The number of nitrogens with zero attached hydrogens (tertiary/aromatic N) is 4. The van der Waals surface area contributed by atoms with E-state index in [4.69, 9.17) is 5.10 Å². The highest BCUT2D eigenvalue weighted by Gasteiger charge is 2.29. The van der Waals surface area contributed by atoms with E-state index in [-0.39, 0.29) is 29.5 Å². The number of rotatable bonds is 5. The topological polar surface area (TPSA) is 96.1 Å². The maximum Gasteiger partial charge on any atom is 0.254 e. The standard InChI is InChI=1S/C28H22F2N4O3S/c1-38(36,37)23-9-6-19(7-10-23)28(35)33-12-11-26-24(17-33)27(20-4-2-3-18(13-20)15-31)32-34(26)16-21-5-8-22(29)14-25(21)30/h2-10,13-14H,11-12,16-17H2,1H3. The van der Waals surface area contributed by atoms with Crippen LogP contribution in [0, 0.1) is 23.0 Å². The van der Waals surface area contributed by atoms with Crippen molar-refractivity contribution in [3.63, 3.8) is 0 Å². The summed E-state index contributed by atoms with van der Waals surface area (Å²) in [5.41, 5.74) is 3.94. The number of fused-ring (bicyclic) bond motifs is 1. The van der Waals surface area contributed by atoms with E-state index in [1.54, 1.807) is 27.8 Å². The van der Waals surface area contributed by atoms with Crippen LogP contribution < -0.4 is 0 Å². The molecule has 0 bridgehead atoms. The van der Waals surface area contributed by atoms with Crippen molar-refractivity contribution in [2.24, 2.45) is 0 Å². The second-order valence-corrected chi connectivity index (χ2v) is 11.1. The van der Waals surface area contributed by atoms with Gasteiger partial charge in [-0.3, -0.25) is 9.48 Å². The molecule has 0 radical (unpaired) electrons. The van der Waals surface area contributed by atoms with Crippen LogP contribution in [0.25, 0.3) is 11.3 Å². The Labute approximate surface area is 218 Å². The molecule has 192 valence electrons. The van der Waals surface area contributed by atoms with Crippen LogP contribution in [-0.4, -0.2) is 41.8 Å². The van der Waals surface area contributed by atoms with Crippen LogP contribution in [0.4, 0.5) is 8.78 Å². The maximum absolute atomic E-state index is 14.4. The molecule has 5 rings (SSSR count). The summed E-state index contributed by atoms with van der Waals surface area (Å²) in [4.78, 5) is 15.1. The first-order chi connectivity index (χ1) is 18.1. The highest BCUT2D eigenvalue weighted by molar-refractivity contribution is 7.90. The summed E-state index contributed by atoms with van der Waals surface area (Å²) in [6.45, 7) is 0.669. The molecule has 0 saturated carbocycles. The smallest absolute Gasteiger partial charge is 0.254 e. The third-order valence-corrected chi connectivity index (χ3v) is 7.68. The quantitative estimate of drug-likeness (QED) is 0.381. The first kappa shape index (κ1) is 25.3. The monoisotopic (exact) mass is 532 g/mol. The molecule has 3 aromatic carbocycles. The molecule has 0 unspecified atom stereocenters. The fraction of sp³-hybridized carbons (Fsp3) is 0.179. The Morgan fingerprint density at radius 1 is 1.08 bits per heavy atom. The van der Waals surface area contributed by atoms with Gasteiger partial charge in [0.15, 0.2) is 9.84 Å². The van der Waals surface area contributed by atoms with Gasteiger partial charge in [-0.05, 0) is 42.5 Å². The Bertz CT molecular complexity index is 1710. The molecule has 1 aliphatic heterocycles. The predicted molar refractivity (Wildman–Crippen MR) is 136 cm³/mol. The van der Waals surface area contributed by atoms with Crippen molar-refractivity contribution in [3.05, 3.63) is 106 Å². The van der Waals surface area contributed by atoms with Crippen LogP contribution >= 0.6 is 0 Å². The fourth-order valence-corrected chi connectivity index (χ4v) is 5.23. The van der Waals surface area contributed by atoms with Crippen molar-refractivity contribution in [1.82, 2.24) is 14.7 Å². The number of carbonyl (C=O) groups excluding carboxylic acids is 1. The maximum atomic E-state index is 14.4. The van der Waals surface area contributed by atoms with E-state index < -0.39 is 21.5 Å². The van der Waals surface area contributed by atoms with Gasteiger partial charge in [0, 0.05) is 59.8 Å². The SMILES string of the molecule is CS(=O)(=O)c1ccc(C(=O)N2CCc3c(c(-c4cccc(C#N)c4)nn3Cc3ccc(F)cc3F)C2)cc1. The summed E-state index contributed by atoms with van der Waals surface area (Å²) in [6, 6.07) is 18.3. The van der Waals surface area contributed by atoms with Gasteiger partial charge in [-0.1, -0.05) is 18.2 Å². The average Bonchev–Trinajstić information content (AvgIpc) is 3.27. The molecular formula is C28H22F2N4O3S. The van der Waals surface area contributed by atoms with Crippen LogP contribution in [0.2, 0.25) is 0 Å². The second kappa shape index (κ2) is 9.84. The third kappa shape index (κ3) is 4.93. The Kier molecular flexibility index (Phi) is 6.55. The van der Waals surface area contributed by atoms with Crippen LogP contribution in [0.3, 0.4) is 0 Å². The molecular weight excluding hydrogens is 510 g/mol. The Morgan fingerprint density at radius 2 is 1.84 bits per heavy atom. The number of amides is 1. The number of benzene rings is 3. The van der Waals surface area contributed by atoms with Gasteiger partial charge in [0.05, 0.1) is 28.8 Å². The summed E-state index contributed by atoms with van der Waals surface area (Å²) < 4.78 is 53.1. The van der Waals surface area contributed by atoms with Crippen molar-refractivity contribution >= 4 is 15.7 Å². The molecule has 10 heteroatoms. The highest BCUT2D eigenvalue weighted by atomic mass is 32.2. The lowest BCUT2D eigenvalue weighted by molar-refractivity contribution is 0.0733. The molecule has 0 aliphatic carbocycles. The zero-order chi connectivity index (χ0) is 27.0. The minimum absolute atomic E-state index is 0.0767. The van der Waals surface area contributed by atoms with Crippen LogP contribution in [0.15, 0.2) is 71.6 Å². The summed E-state index contributed by atoms with van der Waals surface area (Å²) in [6.07, 6.45) is 1.55. The Balaban J connectivity index is 1.52. The van der Waals surface area contributed by atoms with E-state index in [1.165, 1.54) is 36.4 Å². The van der Waals surface area contributed by atoms with E-state index >= 15 is 0 Å². The lowest BCUT2D eigenvalue weighted by Crippen LogP contribution is -2.36. The molecule has 0 spiro atoms. The van der Waals surface area contributed by atoms with Crippen molar-refractivity contribution < 1.29 is 22.0 Å². The minimum atomic E-state index is -3.39. The van der Waals surface area contributed by atoms with Gasteiger partial charge in [-0.25, -0.2) is 17.2 Å². The summed E-state index contributed by atoms with van der Waals surface area (Å²) >= 11 is 0. The highest BCUT2D eigenvalue weighted by Crippen LogP contribution is 2.32. The summed E-state index contributed by atoms with van der Waals surface area (Å²) in [7, 11) is -3.39. The molecule has 1 aromatic heterocycles. The molecule has 0 atom stereocenters. The van der Waals surface area contributed by atoms with Gasteiger partial charge in [0.25, 0.3) is 5.91 Å². The van der Waals surface area contributed by atoms with Crippen molar-refractivity contribution in [3.8, 4) is 17.3 Å². The van der Waals surface area contributed by atoms with E-state index in [2.05, 4.69) is 6.07 Å². The Morgan fingerprint density at radius 3 is 2.53 bits per heavy atom. The zero-order valence-electron chi connectivity index (χ0n) is 20.4. The molecule has 7 nitrogen and oxygen atoms in total. The van der Waals surface area contributed by atoms with Gasteiger partial charge in [0.2, 0.25) is 0 Å². The zero-order valence-corrected chi connectivity index (χ0v) is 21.2. The van der Waals surface area contributed by atoms with Crippen molar-refractivity contribution in [1.29, 1.82) is 5.26 Å². The largest absolute Gasteiger partial charge is 0.334 e. The lowest BCUT2D eigenvalue weighted by Gasteiger charge is -2.28. The van der Waals surface area contributed by atoms with Crippen molar-refractivity contribution in [2.75, 3.05) is 12.8 Å². The predicted octanol–water partition coefficient (Wildman–Crippen LogP) is 4.35. The van der Waals surface area contributed by atoms with Gasteiger partial charge < -0.3 is 4.90 Å². The van der Waals surface area contributed by atoms with E-state index in [9.17, 15) is 27.3 Å². The first-order valence-corrected chi connectivity index (χ1v) is 13.7. The molecule has 1 amide bonds. The fourth-order valence-electron chi connectivity index (χ4n) is 4.60. The Hall–Kier alpha value is -4.36. The summed E-state index contributed by atoms with van der Waals surface area (Å²) in [5.74, 6) is -1.60. The number of nitriles is 1. The third-order valence-electron chi connectivity index (χ3n) is 6.55. The second-order valence-electron chi connectivity index (χ2n) is 9.13. The normalized spacial score (nSPS) is 13.2. The minimum Gasteiger partial charge on any atom is -0.334 e. The first-order valence-electron chi connectivity index (χ1n) is 11.8. The van der Waals surface area contributed by atoms with E-state index in [0.29, 0.717) is 35.3 Å². The van der Waals surface area contributed by atoms with Gasteiger partial charge in [0.1, 0.15) is 11.6 Å². The van der Waals surface area contributed by atoms with Gasteiger partial charge >= 0.3 is 0 Å². The number of hydrogen-bond donors (Lipinski definition) is 0.